The number of rotatable bonds is 3. The SMILES string of the molecule is CCC1(CC)NC(=O)CN(c2ccc(Br)cc2Cl)C1=O. The van der Waals surface area contributed by atoms with Crippen LogP contribution in [0.25, 0.3) is 0 Å². The summed E-state index contributed by atoms with van der Waals surface area (Å²) in [5.41, 5.74) is -0.257. The summed E-state index contributed by atoms with van der Waals surface area (Å²) in [4.78, 5) is 26.2. The molecule has 0 aliphatic carbocycles. The summed E-state index contributed by atoms with van der Waals surface area (Å²) in [6, 6.07) is 5.27. The van der Waals surface area contributed by atoms with Gasteiger partial charge in [-0.15, -0.1) is 0 Å². The zero-order chi connectivity index (χ0) is 14.9. The van der Waals surface area contributed by atoms with E-state index in [1.54, 1.807) is 18.2 Å². The maximum absolute atomic E-state index is 12.7. The van der Waals surface area contributed by atoms with Crippen LogP contribution in [0.3, 0.4) is 0 Å². The first-order chi connectivity index (χ1) is 9.43. The van der Waals surface area contributed by atoms with Crippen molar-refractivity contribution in [3.63, 3.8) is 0 Å². The number of nitrogens with one attached hydrogen (secondary N) is 1. The summed E-state index contributed by atoms with van der Waals surface area (Å²) in [6.07, 6.45) is 1.11. The number of benzene rings is 1. The molecule has 1 saturated heterocycles. The monoisotopic (exact) mass is 358 g/mol. The van der Waals surface area contributed by atoms with Gasteiger partial charge in [-0.2, -0.15) is 0 Å². The van der Waals surface area contributed by atoms with Crippen molar-refractivity contribution in [2.45, 2.75) is 32.2 Å². The lowest BCUT2D eigenvalue weighted by atomic mass is 9.88. The van der Waals surface area contributed by atoms with Crippen molar-refractivity contribution in [2.24, 2.45) is 0 Å². The molecule has 1 aromatic carbocycles. The van der Waals surface area contributed by atoms with Crippen molar-refractivity contribution >= 4 is 45.0 Å². The third-order valence-electron chi connectivity index (χ3n) is 3.74. The van der Waals surface area contributed by atoms with Crippen LogP contribution in [0.4, 0.5) is 5.69 Å². The second-order valence-corrected chi connectivity index (χ2v) is 6.15. The molecule has 0 spiro atoms. The summed E-state index contributed by atoms with van der Waals surface area (Å²) in [6.45, 7) is 3.80. The van der Waals surface area contributed by atoms with Gasteiger partial charge in [-0.25, -0.2) is 0 Å². The molecule has 1 N–H and O–H groups in total. The predicted octanol–water partition coefficient (Wildman–Crippen LogP) is 3.12. The van der Waals surface area contributed by atoms with Gasteiger partial charge in [0.25, 0.3) is 5.91 Å². The first-order valence-corrected chi connectivity index (χ1v) is 7.68. The topological polar surface area (TPSA) is 49.4 Å². The lowest BCUT2D eigenvalue weighted by Gasteiger charge is -2.41. The molecule has 0 unspecified atom stereocenters. The number of piperazine rings is 1. The van der Waals surface area contributed by atoms with Gasteiger partial charge < -0.3 is 5.32 Å². The summed E-state index contributed by atoms with van der Waals surface area (Å²) in [7, 11) is 0. The van der Waals surface area contributed by atoms with E-state index >= 15 is 0 Å². The van der Waals surface area contributed by atoms with Crippen LogP contribution in [0.5, 0.6) is 0 Å². The number of amides is 2. The highest BCUT2D eigenvalue weighted by Crippen LogP contribution is 2.33. The average molecular weight is 360 g/mol. The van der Waals surface area contributed by atoms with Gasteiger partial charge in [-0.3, -0.25) is 14.5 Å². The second kappa shape index (κ2) is 5.74. The first kappa shape index (κ1) is 15.3. The molecule has 6 heteroatoms. The van der Waals surface area contributed by atoms with Gasteiger partial charge in [0, 0.05) is 4.47 Å². The number of carbonyl (C=O) groups is 2. The molecular weight excluding hydrogens is 344 g/mol. The number of halogens is 2. The van der Waals surface area contributed by atoms with Crippen LogP contribution in [0.1, 0.15) is 26.7 Å². The van der Waals surface area contributed by atoms with Crippen molar-refractivity contribution in [2.75, 3.05) is 11.4 Å². The van der Waals surface area contributed by atoms with Crippen LogP contribution >= 0.6 is 27.5 Å². The third kappa shape index (κ3) is 2.56. The molecular formula is C14H16BrClN2O2. The van der Waals surface area contributed by atoms with Gasteiger partial charge in [0.15, 0.2) is 0 Å². The molecule has 0 saturated carbocycles. The van der Waals surface area contributed by atoms with E-state index in [0.29, 0.717) is 23.6 Å². The lowest BCUT2D eigenvalue weighted by Crippen LogP contribution is -2.66. The maximum atomic E-state index is 12.7. The van der Waals surface area contributed by atoms with Crippen molar-refractivity contribution in [1.82, 2.24) is 5.32 Å². The smallest absolute Gasteiger partial charge is 0.253 e. The summed E-state index contributed by atoms with van der Waals surface area (Å²) in [5.74, 6) is -0.265. The quantitative estimate of drug-likeness (QED) is 0.901. The van der Waals surface area contributed by atoms with Crippen molar-refractivity contribution in [3.8, 4) is 0 Å². The summed E-state index contributed by atoms with van der Waals surface area (Å²) < 4.78 is 0.831. The van der Waals surface area contributed by atoms with Crippen LogP contribution < -0.4 is 10.2 Å². The Labute approximate surface area is 131 Å². The fourth-order valence-corrected chi connectivity index (χ4v) is 3.23. The number of hydrogen-bond acceptors (Lipinski definition) is 2. The molecule has 1 aliphatic heterocycles. The number of hydrogen-bond donors (Lipinski definition) is 1. The van der Waals surface area contributed by atoms with E-state index in [0.717, 1.165) is 4.47 Å². The Hall–Kier alpha value is -1.07. The second-order valence-electron chi connectivity index (χ2n) is 4.82. The molecule has 1 aliphatic rings. The number of carbonyl (C=O) groups excluding carboxylic acids is 2. The molecule has 1 fully saturated rings. The normalized spacial score (nSPS) is 18.1. The van der Waals surface area contributed by atoms with Gasteiger partial charge in [0.1, 0.15) is 12.1 Å². The van der Waals surface area contributed by atoms with Gasteiger partial charge in [0.2, 0.25) is 5.91 Å². The lowest BCUT2D eigenvalue weighted by molar-refractivity contribution is -0.136. The standard InChI is InChI=1S/C14H16BrClN2O2/c1-3-14(4-2)13(20)18(8-12(19)17-14)11-6-5-9(15)7-10(11)16/h5-7H,3-4,8H2,1-2H3,(H,17,19). The Morgan fingerprint density at radius 2 is 2.00 bits per heavy atom. The van der Waals surface area contributed by atoms with E-state index in [1.165, 1.54) is 4.90 Å². The molecule has 0 radical (unpaired) electrons. The fraction of sp³-hybridized carbons (Fsp3) is 0.429. The van der Waals surface area contributed by atoms with Crippen LogP contribution in [-0.4, -0.2) is 23.9 Å². The van der Waals surface area contributed by atoms with Crippen LogP contribution in [-0.2, 0) is 9.59 Å². The minimum atomic E-state index is -0.828. The molecule has 108 valence electrons. The third-order valence-corrected chi connectivity index (χ3v) is 4.54. The minimum absolute atomic E-state index is 0.00192. The van der Waals surface area contributed by atoms with E-state index < -0.39 is 5.54 Å². The van der Waals surface area contributed by atoms with Crippen molar-refractivity contribution < 1.29 is 9.59 Å². The maximum Gasteiger partial charge on any atom is 0.253 e. The molecule has 4 nitrogen and oxygen atoms in total. The molecule has 0 aromatic heterocycles. The van der Waals surface area contributed by atoms with Gasteiger partial charge >= 0.3 is 0 Å². The Morgan fingerprint density at radius 3 is 2.55 bits per heavy atom. The van der Waals surface area contributed by atoms with E-state index in [1.807, 2.05) is 13.8 Å². The van der Waals surface area contributed by atoms with E-state index in [2.05, 4.69) is 21.2 Å². The Balaban J connectivity index is 2.45. The predicted molar refractivity (Wildman–Crippen MR) is 83.0 cm³/mol. The number of nitrogens with zero attached hydrogens (tertiary/aromatic N) is 1. The van der Waals surface area contributed by atoms with Crippen molar-refractivity contribution in [1.29, 1.82) is 0 Å². The summed E-state index contributed by atoms with van der Waals surface area (Å²) in [5, 5.41) is 3.27. The molecule has 0 bridgehead atoms. The zero-order valence-corrected chi connectivity index (χ0v) is 13.7. The molecule has 20 heavy (non-hydrogen) atoms. The van der Waals surface area contributed by atoms with Crippen molar-refractivity contribution in [3.05, 3.63) is 27.7 Å². The van der Waals surface area contributed by atoms with Crippen LogP contribution in [0, 0.1) is 0 Å². The molecule has 1 aromatic rings. The van der Waals surface area contributed by atoms with Crippen LogP contribution in [0.2, 0.25) is 5.02 Å². The Bertz CT molecular complexity index is 558. The molecule has 1 heterocycles. The molecule has 2 amide bonds. The Morgan fingerprint density at radius 1 is 1.35 bits per heavy atom. The van der Waals surface area contributed by atoms with E-state index in [9.17, 15) is 9.59 Å². The summed E-state index contributed by atoms with van der Waals surface area (Å²) >= 11 is 9.53. The van der Waals surface area contributed by atoms with Crippen LogP contribution in [0.15, 0.2) is 22.7 Å². The van der Waals surface area contributed by atoms with Gasteiger partial charge in [-0.1, -0.05) is 41.4 Å². The van der Waals surface area contributed by atoms with E-state index in [-0.39, 0.29) is 18.4 Å². The first-order valence-electron chi connectivity index (χ1n) is 6.51. The molecule has 0 atom stereocenters. The Kier molecular flexibility index (Phi) is 4.39. The van der Waals surface area contributed by atoms with Gasteiger partial charge in [-0.05, 0) is 31.0 Å². The van der Waals surface area contributed by atoms with E-state index in [4.69, 9.17) is 11.6 Å². The number of anilines is 1. The minimum Gasteiger partial charge on any atom is -0.340 e. The van der Waals surface area contributed by atoms with Gasteiger partial charge in [0.05, 0.1) is 10.7 Å². The highest BCUT2D eigenvalue weighted by atomic mass is 79.9. The highest BCUT2D eigenvalue weighted by molar-refractivity contribution is 9.10. The highest BCUT2D eigenvalue weighted by Gasteiger charge is 2.44. The average Bonchev–Trinajstić information content (AvgIpc) is 2.41. The fourth-order valence-electron chi connectivity index (χ4n) is 2.46. The largest absolute Gasteiger partial charge is 0.340 e. The molecule has 2 rings (SSSR count). The zero-order valence-electron chi connectivity index (χ0n) is 11.4.